The molecular formula is C23H23FO3. The van der Waals surface area contributed by atoms with Crippen LogP contribution < -0.4 is 0 Å². The molecule has 4 heteroatoms. The molecule has 0 saturated carbocycles. The van der Waals surface area contributed by atoms with Gasteiger partial charge in [-0.25, -0.2) is 9.18 Å². The van der Waals surface area contributed by atoms with Gasteiger partial charge in [-0.15, -0.1) is 0 Å². The SMILES string of the molecule is CC1(C)CC(C)(C)c2cc(C(=O)C=Cc3ccc(C(=O)O)cc3F)ccc21. The molecule has 1 aliphatic carbocycles. The van der Waals surface area contributed by atoms with Gasteiger partial charge >= 0.3 is 5.97 Å². The lowest BCUT2D eigenvalue weighted by atomic mass is 9.82. The summed E-state index contributed by atoms with van der Waals surface area (Å²) in [5.74, 6) is -2.07. The molecule has 0 heterocycles. The second-order valence-corrected chi connectivity index (χ2v) is 8.44. The number of carbonyl (C=O) groups is 2. The Bertz CT molecular complexity index is 968. The first-order valence-electron chi connectivity index (χ1n) is 8.91. The van der Waals surface area contributed by atoms with Gasteiger partial charge in [-0.2, -0.15) is 0 Å². The van der Waals surface area contributed by atoms with Crippen LogP contribution in [0.2, 0.25) is 0 Å². The van der Waals surface area contributed by atoms with Gasteiger partial charge < -0.3 is 5.11 Å². The molecule has 0 bridgehead atoms. The summed E-state index contributed by atoms with van der Waals surface area (Å²) in [5, 5.41) is 8.88. The topological polar surface area (TPSA) is 54.4 Å². The number of hydrogen-bond acceptors (Lipinski definition) is 2. The molecule has 0 spiro atoms. The Kier molecular flexibility index (Phi) is 4.54. The number of aromatic carboxylic acids is 1. The average molecular weight is 366 g/mol. The molecule has 0 unspecified atom stereocenters. The zero-order chi connectivity index (χ0) is 20.0. The zero-order valence-corrected chi connectivity index (χ0v) is 16.0. The van der Waals surface area contributed by atoms with Crippen molar-refractivity contribution >= 4 is 17.8 Å². The van der Waals surface area contributed by atoms with Crippen molar-refractivity contribution < 1.29 is 19.1 Å². The van der Waals surface area contributed by atoms with Gasteiger partial charge in [0.1, 0.15) is 5.82 Å². The lowest BCUT2D eigenvalue weighted by molar-refractivity contribution is 0.0696. The van der Waals surface area contributed by atoms with E-state index in [9.17, 15) is 14.0 Å². The smallest absolute Gasteiger partial charge is 0.335 e. The van der Waals surface area contributed by atoms with Gasteiger partial charge in [-0.3, -0.25) is 4.79 Å². The molecular weight excluding hydrogens is 343 g/mol. The Balaban J connectivity index is 1.88. The molecule has 2 aromatic rings. The van der Waals surface area contributed by atoms with Crippen LogP contribution in [0.5, 0.6) is 0 Å². The highest BCUT2D eigenvalue weighted by Crippen LogP contribution is 2.49. The van der Waals surface area contributed by atoms with Crippen molar-refractivity contribution in [2.24, 2.45) is 0 Å². The molecule has 0 fully saturated rings. The maximum absolute atomic E-state index is 14.0. The predicted octanol–water partition coefficient (Wildman–Crippen LogP) is 5.38. The number of rotatable bonds is 4. The first-order chi connectivity index (χ1) is 12.5. The molecule has 1 aliphatic rings. The Morgan fingerprint density at radius 2 is 1.59 bits per heavy atom. The first kappa shape index (κ1) is 19.0. The standard InChI is InChI=1S/C23H23FO3/c1-22(2)13-23(3,4)18-11-15(7-9-17(18)22)20(25)10-8-14-5-6-16(21(26)27)12-19(14)24/h5-12H,13H2,1-4H3,(H,26,27). The molecule has 0 saturated heterocycles. The van der Waals surface area contributed by atoms with Crippen LogP contribution in [-0.4, -0.2) is 16.9 Å². The predicted molar refractivity (Wildman–Crippen MR) is 104 cm³/mol. The normalized spacial score (nSPS) is 17.1. The minimum absolute atomic E-state index is 0.00237. The van der Waals surface area contributed by atoms with Crippen molar-refractivity contribution in [1.29, 1.82) is 0 Å². The molecule has 140 valence electrons. The van der Waals surface area contributed by atoms with E-state index in [2.05, 4.69) is 27.7 Å². The van der Waals surface area contributed by atoms with Gasteiger partial charge in [0, 0.05) is 11.1 Å². The number of hydrogen-bond donors (Lipinski definition) is 1. The van der Waals surface area contributed by atoms with Crippen molar-refractivity contribution in [3.05, 3.63) is 76.1 Å². The van der Waals surface area contributed by atoms with Crippen molar-refractivity contribution in [3.63, 3.8) is 0 Å². The van der Waals surface area contributed by atoms with E-state index in [1.807, 2.05) is 18.2 Å². The zero-order valence-electron chi connectivity index (χ0n) is 16.0. The fourth-order valence-corrected chi connectivity index (χ4v) is 4.20. The van der Waals surface area contributed by atoms with Crippen molar-refractivity contribution in [2.75, 3.05) is 0 Å². The number of ketones is 1. The summed E-state index contributed by atoms with van der Waals surface area (Å²) in [4.78, 5) is 23.4. The van der Waals surface area contributed by atoms with E-state index >= 15 is 0 Å². The number of carboxylic acid groups (broad SMARTS) is 1. The first-order valence-corrected chi connectivity index (χ1v) is 8.91. The fraction of sp³-hybridized carbons (Fsp3) is 0.304. The summed E-state index contributed by atoms with van der Waals surface area (Å²) in [5.41, 5.74) is 3.14. The number of allylic oxidation sites excluding steroid dienone is 1. The van der Waals surface area contributed by atoms with Gasteiger partial charge in [0.25, 0.3) is 0 Å². The second-order valence-electron chi connectivity index (χ2n) is 8.44. The number of carbonyl (C=O) groups excluding carboxylic acids is 1. The summed E-state index contributed by atoms with van der Waals surface area (Å²) < 4.78 is 14.0. The Labute approximate surface area is 158 Å². The molecule has 0 aromatic heterocycles. The molecule has 0 aliphatic heterocycles. The van der Waals surface area contributed by atoms with Crippen LogP contribution in [0.25, 0.3) is 6.08 Å². The minimum atomic E-state index is -1.19. The largest absolute Gasteiger partial charge is 0.478 e. The Morgan fingerprint density at radius 1 is 0.963 bits per heavy atom. The maximum Gasteiger partial charge on any atom is 0.335 e. The third kappa shape index (κ3) is 3.57. The van der Waals surface area contributed by atoms with Crippen LogP contribution in [0, 0.1) is 5.82 Å². The summed E-state index contributed by atoms with van der Waals surface area (Å²) >= 11 is 0. The number of carboxylic acids is 1. The molecule has 3 rings (SSSR count). The molecule has 0 atom stereocenters. The van der Waals surface area contributed by atoms with Gasteiger partial charge in [0.2, 0.25) is 0 Å². The van der Waals surface area contributed by atoms with E-state index in [1.165, 1.54) is 35.4 Å². The molecule has 27 heavy (non-hydrogen) atoms. The molecule has 3 nitrogen and oxygen atoms in total. The van der Waals surface area contributed by atoms with E-state index in [4.69, 9.17) is 5.11 Å². The lowest BCUT2D eigenvalue weighted by Crippen LogP contribution is -2.18. The van der Waals surface area contributed by atoms with Gasteiger partial charge in [-0.1, -0.05) is 45.9 Å². The van der Waals surface area contributed by atoms with E-state index < -0.39 is 11.8 Å². The average Bonchev–Trinajstić information content (AvgIpc) is 2.77. The van der Waals surface area contributed by atoms with E-state index in [1.54, 1.807) is 0 Å². The van der Waals surface area contributed by atoms with Gasteiger partial charge in [0.15, 0.2) is 5.78 Å². The van der Waals surface area contributed by atoms with Crippen LogP contribution >= 0.6 is 0 Å². The summed E-state index contributed by atoms with van der Waals surface area (Å²) in [7, 11) is 0. The van der Waals surface area contributed by atoms with Gasteiger partial charge in [-0.05, 0) is 58.7 Å². The number of benzene rings is 2. The van der Waals surface area contributed by atoms with Crippen LogP contribution in [0.4, 0.5) is 4.39 Å². The molecule has 0 amide bonds. The van der Waals surface area contributed by atoms with E-state index in [-0.39, 0.29) is 27.7 Å². The van der Waals surface area contributed by atoms with E-state index in [0.717, 1.165) is 12.5 Å². The summed E-state index contributed by atoms with van der Waals surface area (Å²) in [6.45, 7) is 8.80. The molecule has 0 radical (unpaired) electrons. The number of fused-ring (bicyclic) bond motifs is 1. The van der Waals surface area contributed by atoms with Crippen LogP contribution in [0.15, 0.2) is 42.5 Å². The highest BCUT2D eigenvalue weighted by atomic mass is 19.1. The third-order valence-electron chi connectivity index (χ3n) is 5.31. The summed E-state index contributed by atoms with van der Waals surface area (Å²) in [6, 6.07) is 9.41. The molecule has 2 aromatic carbocycles. The number of halogens is 1. The Morgan fingerprint density at radius 3 is 2.22 bits per heavy atom. The van der Waals surface area contributed by atoms with Gasteiger partial charge in [0.05, 0.1) is 5.56 Å². The second kappa shape index (κ2) is 6.45. The minimum Gasteiger partial charge on any atom is -0.478 e. The highest BCUT2D eigenvalue weighted by molar-refractivity contribution is 6.07. The third-order valence-corrected chi connectivity index (χ3v) is 5.31. The van der Waals surface area contributed by atoms with Crippen LogP contribution in [-0.2, 0) is 10.8 Å². The highest BCUT2D eigenvalue weighted by Gasteiger charge is 2.41. The van der Waals surface area contributed by atoms with Crippen LogP contribution in [0.1, 0.15) is 71.5 Å². The fourth-order valence-electron chi connectivity index (χ4n) is 4.20. The monoisotopic (exact) mass is 366 g/mol. The van der Waals surface area contributed by atoms with E-state index in [0.29, 0.717) is 5.56 Å². The van der Waals surface area contributed by atoms with Crippen molar-refractivity contribution in [2.45, 2.75) is 44.9 Å². The Hall–Kier alpha value is -2.75. The molecule has 1 N–H and O–H groups in total. The summed E-state index contributed by atoms with van der Waals surface area (Å²) in [6.07, 6.45) is 3.73. The quantitative estimate of drug-likeness (QED) is 0.584. The van der Waals surface area contributed by atoms with Crippen LogP contribution in [0.3, 0.4) is 0 Å². The maximum atomic E-state index is 14.0. The lowest BCUT2D eigenvalue weighted by Gasteiger charge is -2.22. The van der Waals surface area contributed by atoms with Crippen molar-refractivity contribution in [3.8, 4) is 0 Å². The van der Waals surface area contributed by atoms with Crippen molar-refractivity contribution in [1.82, 2.24) is 0 Å².